The zero-order valence-electron chi connectivity index (χ0n) is 14.2. The van der Waals surface area contributed by atoms with Crippen LogP contribution in [0.3, 0.4) is 0 Å². The summed E-state index contributed by atoms with van der Waals surface area (Å²) in [4.78, 5) is 0. The van der Waals surface area contributed by atoms with Crippen molar-refractivity contribution in [3.63, 3.8) is 0 Å². The number of aliphatic hydroxyl groups is 4. The number of hydrogen-bond donors (Lipinski definition) is 4. The van der Waals surface area contributed by atoms with Crippen molar-refractivity contribution in [2.75, 3.05) is 0 Å². The van der Waals surface area contributed by atoms with Gasteiger partial charge >= 0.3 is 0 Å². The molecule has 0 aromatic carbocycles. The van der Waals surface area contributed by atoms with Gasteiger partial charge in [0.15, 0.2) is 0 Å². The SMILES string of the molecule is CC12CC[C@H](O)[C@H](O)C1=CC(O)C1C2CCC2(C)C1CC[C@@H]2O. The third-order valence-corrected chi connectivity index (χ3v) is 8.15. The van der Waals surface area contributed by atoms with Gasteiger partial charge in [0.25, 0.3) is 0 Å². The van der Waals surface area contributed by atoms with Gasteiger partial charge in [-0.05, 0) is 72.7 Å². The van der Waals surface area contributed by atoms with Crippen molar-refractivity contribution >= 4 is 0 Å². The van der Waals surface area contributed by atoms with Crippen molar-refractivity contribution in [2.24, 2.45) is 28.6 Å². The van der Waals surface area contributed by atoms with Crippen molar-refractivity contribution in [1.29, 1.82) is 0 Å². The molecule has 4 nitrogen and oxygen atoms in total. The second kappa shape index (κ2) is 5.04. The standard InChI is InChI=1S/C19H30O4/c1-18-8-6-13(20)17(23)12(18)9-14(21)16-10-3-4-15(22)19(10,2)7-5-11(16)18/h9-11,13-17,20-23H,3-8H2,1-2H3/t10?,11?,13-,14?,15-,16?,17+,18?,19?/m0/s1. The molecular weight excluding hydrogens is 292 g/mol. The van der Waals surface area contributed by atoms with Gasteiger partial charge in [-0.3, -0.25) is 0 Å². The summed E-state index contributed by atoms with van der Waals surface area (Å²) < 4.78 is 0. The first kappa shape index (κ1) is 16.1. The molecule has 4 N–H and O–H groups in total. The summed E-state index contributed by atoms with van der Waals surface area (Å²) in [5.74, 6) is 0.856. The van der Waals surface area contributed by atoms with Crippen molar-refractivity contribution in [3.05, 3.63) is 11.6 Å². The Bertz CT molecular complexity index is 531. The highest BCUT2D eigenvalue weighted by molar-refractivity contribution is 5.31. The van der Waals surface area contributed by atoms with Gasteiger partial charge in [0.2, 0.25) is 0 Å². The Labute approximate surface area is 138 Å². The second-order valence-electron chi connectivity index (χ2n) is 9.01. The summed E-state index contributed by atoms with van der Waals surface area (Å²) in [6.07, 6.45) is 4.77. The summed E-state index contributed by atoms with van der Waals surface area (Å²) in [5, 5.41) is 41.8. The highest BCUT2D eigenvalue weighted by atomic mass is 16.3. The van der Waals surface area contributed by atoms with E-state index in [-0.39, 0.29) is 22.9 Å². The maximum Gasteiger partial charge on any atom is 0.101 e. The van der Waals surface area contributed by atoms with E-state index in [1.54, 1.807) is 0 Å². The quantitative estimate of drug-likeness (QED) is 0.511. The molecule has 0 aromatic heterocycles. The van der Waals surface area contributed by atoms with Crippen LogP contribution in [-0.2, 0) is 0 Å². The molecule has 4 heteroatoms. The molecule has 0 bridgehead atoms. The Morgan fingerprint density at radius 1 is 0.913 bits per heavy atom. The minimum Gasteiger partial charge on any atom is -0.393 e. The Kier molecular flexibility index (Phi) is 3.52. The predicted molar refractivity (Wildman–Crippen MR) is 86.5 cm³/mol. The smallest absolute Gasteiger partial charge is 0.101 e. The molecule has 0 aromatic rings. The zero-order valence-corrected chi connectivity index (χ0v) is 14.2. The van der Waals surface area contributed by atoms with Crippen molar-refractivity contribution < 1.29 is 20.4 Å². The highest BCUT2D eigenvalue weighted by Crippen LogP contribution is 2.64. The van der Waals surface area contributed by atoms with E-state index >= 15 is 0 Å². The second-order valence-corrected chi connectivity index (χ2v) is 9.01. The third kappa shape index (κ3) is 1.98. The fourth-order valence-corrected chi connectivity index (χ4v) is 6.67. The number of aliphatic hydroxyl groups excluding tert-OH is 4. The van der Waals surface area contributed by atoms with E-state index in [4.69, 9.17) is 0 Å². The molecule has 0 aliphatic heterocycles. The van der Waals surface area contributed by atoms with E-state index < -0.39 is 18.3 Å². The van der Waals surface area contributed by atoms with Crippen LogP contribution in [0.15, 0.2) is 11.6 Å². The summed E-state index contributed by atoms with van der Waals surface area (Å²) >= 11 is 0. The van der Waals surface area contributed by atoms with Crippen LogP contribution in [0.1, 0.15) is 52.4 Å². The summed E-state index contributed by atoms with van der Waals surface area (Å²) in [6, 6.07) is 0. The van der Waals surface area contributed by atoms with E-state index in [0.29, 0.717) is 18.3 Å². The van der Waals surface area contributed by atoms with Crippen molar-refractivity contribution in [2.45, 2.75) is 76.8 Å². The van der Waals surface area contributed by atoms with Gasteiger partial charge in [-0.2, -0.15) is 0 Å². The number of hydrogen-bond acceptors (Lipinski definition) is 4. The van der Waals surface area contributed by atoms with Gasteiger partial charge in [-0.25, -0.2) is 0 Å². The van der Waals surface area contributed by atoms with Gasteiger partial charge < -0.3 is 20.4 Å². The fraction of sp³-hybridized carbons (Fsp3) is 0.895. The molecule has 130 valence electrons. The van der Waals surface area contributed by atoms with E-state index in [9.17, 15) is 20.4 Å². The maximum absolute atomic E-state index is 10.9. The summed E-state index contributed by atoms with van der Waals surface area (Å²) in [5.41, 5.74) is 0.654. The van der Waals surface area contributed by atoms with Gasteiger partial charge in [-0.1, -0.05) is 19.9 Å². The van der Waals surface area contributed by atoms with Crippen LogP contribution in [0.2, 0.25) is 0 Å². The van der Waals surface area contributed by atoms with Crippen LogP contribution < -0.4 is 0 Å². The molecule has 4 aliphatic carbocycles. The first-order valence-corrected chi connectivity index (χ1v) is 9.23. The Hall–Kier alpha value is -0.420. The fourth-order valence-electron chi connectivity index (χ4n) is 6.67. The van der Waals surface area contributed by atoms with E-state index in [1.807, 2.05) is 6.08 Å². The Balaban J connectivity index is 1.75. The van der Waals surface area contributed by atoms with E-state index in [1.165, 1.54) is 0 Å². The minimum absolute atomic E-state index is 0.0728. The molecule has 4 rings (SSSR count). The number of fused-ring (bicyclic) bond motifs is 5. The number of rotatable bonds is 0. The lowest BCUT2D eigenvalue weighted by atomic mass is 9.47. The molecule has 0 heterocycles. The molecule has 3 saturated carbocycles. The van der Waals surface area contributed by atoms with Crippen molar-refractivity contribution in [3.8, 4) is 0 Å². The van der Waals surface area contributed by atoms with Gasteiger partial charge in [0.1, 0.15) is 6.10 Å². The van der Waals surface area contributed by atoms with Gasteiger partial charge in [0.05, 0.1) is 18.3 Å². The van der Waals surface area contributed by atoms with Crippen LogP contribution in [-0.4, -0.2) is 44.8 Å². The van der Waals surface area contributed by atoms with Crippen molar-refractivity contribution in [1.82, 2.24) is 0 Å². The van der Waals surface area contributed by atoms with Crippen LogP contribution in [0.4, 0.5) is 0 Å². The minimum atomic E-state index is -0.841. The molecule has 4 aliphatic rings. The molecule has 0 radical (unpaired) electrons. The van der Waals surface area contributed by atoms with Gasteiger partial charge in [0, 0.05) is 0 Å². The third-order valence-electron chi connectivity index (χ3n) is 8.15. The molecule has 0 saturated heterocycles. The van der Waals surface area contributed by atoms with Gasteiger partial charge in [-0.15, -0.1) is 0 Å². The van der Waals surface area contributed by atoms with Crippen LogP contribution >= 0.6 is 0 Å². The van der Waals surface area contributed by atoms with E-state index in [0.717, 1.165) is 37.7 Å². The summed E-state index contributed by atoms with van der Waals surface area (Å²) in [6.45, 7) is 4.41. The average Bonchev–Trinajstić information content (AvgIpc) is 2.82. The molecular formula is C19H30O4. The molecule has 0 amide bonds. The van der Waals surface area contributed by atoms with Crippen LogP contribution in [0, 0.1) is 28.6 Å². The lowest BCUT2D eigenvalue weighted by Crippen LogP contribution is -2.57. The molecule has 3 fully saturated rings. The normalized spacial score (nSPS) is 58.9. The lowest BCUT2D eigenvalue weighted by molar-refractivity contribution is -0.117. The molecule has 9 atom stereocenters. The largest absolute Gasteiger partial charge is 0.393 e. The first-order chi connectivity index (χ1) is 10.8. The van der Waals surface area contributed by atoms with Crippen LogP contribution in [0.5, 0.6) is 0 Å². The highest BCUT2D eigenvalue weighted by Gasteiger charge is 2.61. The molecule has 0 spiro atoms. The Morgan fingerprint density at radius 2 is 1.65 bits per heavy atom. The lowest BCUT2D eigenvalue weighted by Gasteiger charge is -2.59. The van der Waals surface area contributed by atoms with E-state index in [2.05, 4.69) is 13.8 Å². The first-order valence-electron chi connectivity index (χ1n) is 9.23. The molecule has 23 heavy (non-hydrogen) atoms. The predicted octanol–water partition coefficient (Wildman–Crippen LogP) is 1.61. The monoisotopic (exact) mass is 322 g/mol. The Morgan fingerprint density at radius 3 is 2.39 bits per heavy atom. The zero-order chi connectivity index (χ0) is 16.6. The summed E-state index contributed by atoms with van der Waals surface area (Å²) in [7, 11) is 0. The van der Waals surface area contributed by atoms with Crippen LogP contribution in [0.25, 0.3) is 0 Å². The average molecular weight is 322 g/mol. The molecule has 6 unspecified atom stereocenters. The topological polar surface area (TPSA) is 80.9 Å². The maximum atomic E-state index is 10.9.